The highest BCUT2D eigenvalue weighted by Crippen LogP contribution is 2.32. The second kappa shape index (κ2) is 3.51. The lowest BCUT2D eigenvalue weighted by Crippen LogP contribution is -2.23. The van der Waals surface area contributed by atoms with Crippen LogP contribution in [0.5, 0.6) is 5.75 Å². The Morgan fingerprint density at radius 2 is 2.31 bits per heavy atom. The zero-order valence-corrected chi connectivity index (χ0v) is 9.73. The van der Waals surface area contributed by atoms with Gasteiger partial charge in [-0.15, -0.1) is 0 Å². The fraction of sp³-hybridized carbons (Fsp3) is 0.462. The van der Waals surface area contributed by atoms with E-state index in [1.165, 1.54) is 23.3 Å². The van der Waals surface area contributed by atoms with E-state index in [4.69, 9.17) is 4.74 Å². The third-order valence-corrected chi connectivity index (χ3v) is 3.50. The molecular formula is C13H16N2O. The van der Waals surface area contributed by atoms with Gasteiger partial charge < -0.3 is 4.74 Å². The Balaban J connectivity index is 2.09. The van der Waals surface area contributed by atoms with E-state index in [0.29, 0.717) is 5.92 Å². The van der Waals surface area contributed by atoms with Crippen LogP contribution in [-0.2, 0) is 6.42 Å². The van der Waals surface area contributed by atoms with Crippen molar-refractivity contribution in [2.75, 3.05) is 20.7 Å². The highest BCUT2D eigenvalue weighted by molar-refractivity contribution is 6.05. The van der Waals surface area contributed by atoms with E-state index in [2.05, 4.69) is 22.2 Å². The van der Waals surface area contributed by atoms with E-state index in [-0.39, 0.29) is 0 Å². The Morgan fingerprint density at radius 3 is 3.12 bits per heavy atom. The summed E-state index contributed by atoms with van der Waals surface area (Å²) in [5, 5.41) is 6.67. The molecular weight excluding hydrogens is 200 g/mol. The van der Waals surface area contributed by atoms with Crippen LogP contribution in [0.25, 0.3) is 0 Å². The summed E-state index contributed by atoms with van der Waals surface area (Å²) in [6, 6.07) is 6.34. The van der Waals surface area contributed by atoms with E-state index in [9.17, 15) is 0 Å². The summed E-state index contributed by atoms with van der Waals surface area (Å²) >= 11 is 0. The molecule has 84 valence electrons. The highest BCUT2D eigenvalue weighted by atomic mass is 16.5. The number of fused-ring (bicyclic) bond motifs is 3. The minimum atomic E-state index is 0.615. The van der Waals surface area contributed by atoms with Crippen molar-refractivity contribution in [2.24, 2.45) is 11.0 Å². The van der Waals surface area contributed by atoms with Crippen molar-refractivity contribution in [1.82, 2.24) is 5.01 Å². The molecule has 1 aromatic carbocycles. The number of ether oxygens (including phenoxy) is 1. The number of hydrazone groups is 1. The van der Waals surface area contributed by atoms with Gasteiger partial charge in [-0.05, 0) is 30.5 Å². The van der Waals surface area contributed by atoms with E-state index < -0.39 is 0 Å². The number of hydrogen-bond acceptors (Lipinski definition) is 3. The van der Waals surface area contributed by atoms with Crippen molar-refractivity contribution < 1.29 is 4.74 Å². The summed E-state index contributed by atoms with van der Waals surface area (Å²) in [5.41, 5.74) is 3.95. The molecule has 1 aliphatic heterocycles. The van der Waals surface area contributed by atoms with Gasteiger partial charge in [-0.1, -0.05) is 6.07 Å². The normalized spacial score (nSPS) is 22.5. The molecule has 0 fully saturated rings. The van der Waals surface area contributed by atoms with Crippen LogP contribution >= 0.6 is 0 Å². The summed E-state index contributed by atoms with van der Waals surface area (Å²) in [5.74, 6) is 1.54. The molecule has 3 nitrogen and oxygen atoms in total. The topological polar surface area (TPSA) is 24.8 Å². The molecule has 1 atom stereocenters. The molecule has 3 rings (SSSR count). The van der Waals surface area contributed by atoms with E-state index in [1.807, 2.05) is 13.1 Å². The zero-order valence-electron chi connectivity index (χ0n) is 9.73. The van der Waals surface area contributed by atoms with Crippen LogP contribution in [0.2, 0.25) is 0 Å². The third kappa shape index (κ3) is 1.39. The smallest absolute Gasteiger partial charge is 0.119 e. The number of aryl methyl sites for hydroxylation is 1. The summed E-state index contributed by atoms with van der Waals surface area (Å²) in [6.45, 7) is 1.06. The standard InChI is InChI=1S/C13H16N2O/c1-15-8-10-4-3-9-5-6-11(16-2)7-12(9)13(10)14-15/h5-7,10H,3-4,8H2,1-2H3. The van der Waals surface area contributed by atoms with Crippen molar-refractivity contribution in [3.63, 3.8) is 0 Å². The molecule has 1 unspecified atom stereocenters. The molecule has 3 heteroatoms. The van der Waals surface area contributed by atoms with Gasteiger partial charge in [0.1, 0.15) is 5.75 Å². The number of benzene rings is 1. The van der Waals surface area contributed by atoms with Crippen LogP contribution in [0.15, 0.2) is 23.3 Å². The van der Waals surface area contributed by atoms with Gasteiger partial charge in [-0.25, -0.2) is 0 Å². The maximum absolute atomic E-state index is 5.29. The lowest BCUT2D eigenvalue weighted by atomic mass is 9.82. The van der Waals surface area contributed by atoms with Gasteiger partial charge in [-0.3, -0.25) is 5.01 Å². The van der Waals surface area contributed by atoms with Crippen LogP contribution in [-0.4, -0.2) is 31.4 Å². The first-order valence-corrected chi connectivity index (χ1v) is 5.75. The van der Waals surface area contributed by atoms with Gasteiger partial charge in [0.2, 0.25) is 0 Å². The molecule has 1 aliphatic carbocycles. The average molecular weight is 216 g/mol. The van der Waals surface area contributed by atoms with Gasteiger partial charge in [0, 0.05) is 25.1 Å². The Kier molecular flexibility index (Phi) is 2.13. The van der Waals surface area contributed by atoms with Crippen molar-refractivity contribution in [1.29, 1.82) is 0 Å². The van der Waals surface area contributed by atoms with Crippen molar-refractivity contribution in [3.8, 4) is 5.75 Å². The molecule has 0 bridgehead atoms. The second-order valence-corrected chi connectivity index (χ2v) is 4.58. The predicted molar refractivity (Wildman–Crippen MR) is 64.0 cm³/mol. The number of nitrogens with zero attached hydrogens (tertiary/aromatic N) is 2. The Labute approximate surface area is 95.7 Å². The summed E-state index contributed by atoms with van der Waals surface area (Å²) in [4.78, 5) is 0. The van der Waals surface area contributed by atoms with Crippen LogP contribution in [0.4, 0.5) is 0 Å². The minimum Gasteiger partial charge on any atom is -0.497 e. The quantitative estimate of drug-likeness (QED) is 0.716. The molecule has 1 aromatic rings. The molecule has 0 radical (unpaired) electrons. The third-order valence-electron chi connectivity index (χ3n) is 3.50. The molecule has 1 heterocycles. The molecule has 16 heavy (non-hydrogen) atoms. The van der Waals surface area contributed by atoms with Gasteiger partial charge in [0.15, 0.2) is 0 Å². The Hall–Kier alpha value is -1.51. The lowest BCUT2D eigenvalue weighted by Gasteiger charge is -2.21. The predicted octanol–water partition coefficient (Wildman–Crippen LogP) is 1.91. The Bertz CT molecular complexity index is 453. The molecule has 0 saturated heterocycles. The number of hydrogen-bond donors (Lipinski definition) is 0. The monoisotopic (exact) mass is 216 g/mol. The highest BCUT2D eigenvalue weighted by Gasteiger charge is 2.31. The number of methoxy groups -OCH3 is 1. The molecule has 0 N–H and O–H groups in total. The van der Waals surface area contributed by atoms with Crippen molar-refractivity contribution >= 4 is 5.71 Å². The molecule has 0 aromatic heterocycles. The summed E-state index contributed by atoms with van der Waals surface area (Å²) < 4.78 is 5.29. The van der Waals surface area contributed by atoms with Crippen LogP contribution in [0, 0.1) is 5.92 Å². The van der Waals surface area contributed by atoms with E-state index in [1.54, 1.807) is 7.11 Å². The first-order chi connectivity index (χ1) is 7.78. The van der Waals surface area contributed by atoms with E-state index in [0.717, 1.165) is 18.7 Å². The fourth-order valence-corrected chi connectivity index (χ4v) is 2.68. The van der Waals surface area contributed by atoms with Crippen LogP contribution in [0.3, 0.4) is 0 Å². The van der Waals surface area contributed by atoms with Crippen molar-refractivity contribution in [2.45, 2.75) is 12.8 Å². The molecule has 0 amide bonds. The number of rotatable bonds is 1. The van der Waals surface area contributed by atoms with Crippen LogP contribution in [0.1, 0.15) is 17.5 Å². The fourth-order valence-electron chi connectivity index (χ4n) is 2.68. The van der Waals surface area contributed by atoms with Crippen LogP contribution < -0.4 is 4.74 Å². The first kappa shape index (κ1) is 9.70. The maximum Gasteiger partial charge on any atom is 0.119 e. The average Bonchev–Trinajstić information content (AvgIpc) is 2.69. The maximum atomic E-state index is 5.29. The summed E-state index contributed by atoms with van der Waals surface area (Å²) in [7, 11) is 3.76. The molecule has 0 saturated carbocycles. The lowest BCUT2D eigenvalue weighted by molar-refractivity contribution is 0.354. The Morgan fingerprint density at radius 1 is 1.44 bits per heavy atom. The zero-order chi connectivity index (χ0) is 11.1. The van der Waals surface area contributed by atoms with Gasteiger partial charge in [0.05, 0.1) is 12.8 Å². The second-order valence-electron chi connectivity index (χ2n) is 4.58. The van der Waals surface area contributed by atoms with E-state index >= 15 is 0 Å². The molecule has 2 aliphatic rings. The van der Waals surface area contributed by atoms with Gasteiger partial charge >= 0.3 is 0 Å². The van der Waals surface area contributed by atoms with Gasteiger partial charge in [0.25, 0.3) is 0 Å². The van der Waals surface area contributed by atoms with Gasteiger partial charge in [-0.2, -0.15) is 5.10 Å². The first-order valence-electron chi connectivity index (χ1n) is 5.75. The van der Waals surface area contributed by atoms with Crippen molar-refractivity contribution in [3.05, 3.63) is 29.3 Å². The largest absolute Gasteiger partial charge is 0.497 e. The minimum absolute atomic E-state index is 0.615. The summed E-state index contributed by atoms with van der Waals surface area (Å²) in [6.07, 6.45) is 2.39. The SMILES string of the molecule is COc1ccc2c(c1)C1=NN(C)CC1CC2. The molecule has 0 spiro atoms.